The fourth-order valence-corrected chi connectivity index (χ4v) is 1.56. The lowest BCUT2D eigenvalue weighted by Crippen LogP contribution is -2.08. The van der Waals surface area contributed by atoms with Crippen LogP contribution in [0.2, 0.25) is 5.02 Å². The molecule has 5 heteroatoms. The monoisotopic (exact) mass is 236 g/mol. The molecule has 0 aliphatic heterocycles. The van der Waals surface area contributed by atoms with E-state index in [1.807, 2.05) is 35.9 Å². The minimum Gasteiger partial charge on any atom is -0.378 e. The van der Waals surface area contributed by atoms with Crippen LogP contribution in [-0.4, -0.2) is 14.8 Å². The van der Waals surface area contributed by atoms with Crippen molar-refractivity contribution >= 4 is 17.3 Å². The molecular formula is C11H13ClN4. The van der Waals surface area contributed by atoms with Gasteiger partial charge in [-0.3, -0.25) is 0 Å². The van der Waals surface area contributed by atoms with Crippen molar-refractivity contribution in [2.45, 2.75) is 20.0 Å². The van der Waals surface area contributed by atoms with Crippen molar-refractivity contribution in [2.75, 3.05) is 5.32 Å². The molecule has 1 N–H and O–H groups in total. The molecule has 0 fully saturated rings. The Morgan fingerprint density at radius 1 is 1.31 bits per heavy atom. The van der Waals surface area contributed by atoms with Crippen LogP contribution in [0.5, 0.6) is 0 Å². The second-order valence-electron chi connectivity index (χ2n) is 3.35. The third-order valence-electron chi connectivity index (χ3n) is 2.29. The molecule has 4 nitrogen and oxygen atoms in total. The summed E-state index contributed by atoms with van der Waals surface area (Å²) in [5.41, 5.74) is 1.02. The van der Waals surface area contributed by atoms with Gasteiger partial charge in [-0.25, -0.2) is 9.67 Å². The summed E-state index contributed by atoms with van der Waals surface area (Å²) in [5, 5.41) is 8.11. The third-order valence-corrected chi connectivity index (χ3v) is 2.54. The number of hydrogen-bond acceptors (Lipinski definition) is 3. The van der Waals surface area contributed by atoms with Crippen LogP contribution in [0.25, 0.3) is 0 Å². The Hall–Kier alpha value is -1.55. The van der Waals surface area contributed by atoms with E-state index >= 15 is 0 Å². The van der Waals surface area contributed by atoms with Gasteiger partial charge in [-0.05, 0) is 31.2 Å². The number of nitrogens with zero attached hydrogens (tertiary/aromatic N) is 3. The summed E-state index contributed by atoms with van der Waals surface area (Å²) >= 11 is 5.80. The molecule has 0 aliphatic carbocycles. The largest absolute Gasteiger partial charge is 0.378 e. The van der Waals surface area contributed by atoms with Crippen molar-refractivity contribution in [3.63, 3.8) is 0 Å². The zero-order chi connectivity index (χ0) is 11.4. The molecule has 0 atom stereocenters. The highest BCUT2D eigenvalue weighted by Crippen LogP contribution is 2.13. The van der Waals surface area contributed by atoms with E-state index in [0.29, 0.717) is 6.54 Å². The lowest BCUT2D eigenvalue weighted by atomic mass is 10.3. The van der Waals surface area contributed by atoms with E-state index in [9.17, 15) is 0 Å². The van der Waals surface area contributed by atoms with E-state index < -0.39 is 0 Å². The summed E-state index contributed by atoms with van der Waals surface area (Å²) in [4.78, 5) is 4.18. The van der Waals surface area contributed by atoms with Gasteiger partial charge in [0.05, 0.1) is 6.54 Å². The molecular weight excluding hydrogens is 224 g/mol. The summed E-state index contributed by atoms with van der Waals surface area (Å²) < 4.78 is 1.86. The molecule has 84 valence electrons. The lowest BCUT2D eigenvalue weighted by Gasteiger charge is -2.06. The van der Waals surface area contributed by atoms with E-state index in [2.05, 4.69) is 15.4 Å². The number of aryl methyl sites for hydroxylation is 1. The van der Waals surface area contributed by atoms with Crippen molar-refractivity contribution in [2.24, 2.45) is 0 Å². The molecule has 0 unspecified atom stereocenters. The molecule has 0 spiro atoms. The average molecular weight is 237 g/mol. The Morgan fingerprint density at radius 2 is 2.06 bits per heavy atom. The Labute approximate surface area is 99.3 Å². The minimum atomic E-state index is 0.662. The van der Waals surface area contributed by atoms with Gasteiger partial charge in [0, 0.05) is 17.3 Å². The van der Waals surface area contributed by atoms with Gasteiger partial charge in [0.1, 0.15) is 12.2 Å². The second kappa shape index (κ2) is 4.99. The first-order valence-corrected chi connectivity index (χ1v) is 5.53. The number of benzene rings is 1. The molecule has 2 aromatic rings. The normalized spacial score (nSPS) is 10.4. The summed E-state index contributed by atoms with van der Waals surface area (Å²) in [6.07, 6.45) is 1.57. The fraction of sp³-hybridized carbons (Fsp3) is 0.273. The number of hydrogen-bond donors (Lipinski definition) is 1. The zero-order valence-electron chi connectivity index (χ0n) is 9.02. The van der Waals surface area contributed by atoms with E-state index in [1.54, 1.807) is 6.33 Å². The van der Waals surface area contributed by atoms with Gasteiger partial charge < -0.3 is 5.32 Å². The van der Waals surface area contributed by atoms with Crippen molar-refractivity contribution < 1.29 is 0 Å². The maximum atomic E-state index is 5.80. The number of anilines is 1. The standard InChI is InChI=1S/C11H13ClN4/c1-2-16-11(14-8-15-16)7-13-10-5-3-9(12)4-6-10/h3-6,8,13H,2,7H2,1H3. The number of nitrogens with one attached hydrogen (secondary N) is 1. The van der Waals surface area contributed by atoms with Crippen LogP contribution >= 0.6 is 11.6 Å². The highest BCUT2D eigenvalue weighted by Gasteiger charge is 2.01. The highest BCUT2D eigenvalue weighted by molar-refractivity contribution is 6.30. The van der Waals surface area contributed by atoms with Gasteiger partial charge in [-0.1, -0.05) is 11.6 Å². The molecule has 0 amide bonds. The lowest BCUT2D eigenvalue weighted by molar-refractivity contribution is 0.622. The summed E-state index contributed by atoms with van der Waals surface area (Å²) in [7, 11) is 0. The van der Waals surface area contributed by atoms with Gasteiger partial charge >= 0.3 is 0 Å². The predicted molar refractivity (Wildman–Crippen MR) is 64.5 cm³/mol. The fourth-order valence-electron chi connectivity index (χ4n) is 1.44. The maximum absolute atomic E-state index is 5.80. The van der Waals surface area contributed by atoms with E-state index in [4.69, 9.17) is 11.6 Å². The molecule has 1 heterocycles. The molecule has 2 rings (SSSR count). The molecule has 0 aliphatic rings. The molecule has 0 saturated carbocycles. The van der Waals surface area contributed by atoms with Crippen LogP contribution in [0.4, 0.5) is 5.69 Å². The summed E-state index contributed by atoms with van der Waals surface area (Å²) in [6.45, 7) is 3.54. The highest BCUT2D eigenvalue weighted by atomic mass is 35.5. The molecule has 0 bridgehead atoms. The second-order valence-corrected chi connectivity index (χ2v) is 3.79. The molecule has 16 heavy (non-hydrogen) atoms. The number of rotatable bonds is 4. The van der Waals surface area contributed by atoms with E-state index in [1.165, 1.54) is 0 Å². The molecule has 0 saturated heterocycles. The Bertz CT molecular complexity index is 449. The molecule has 1 aromatic heterocycles. The van der Waals surface area contributed by atoms with Crippen LogP contribution in [0.15, 0.2) is 30.6 Å². The molecule has 1 aromatic carbocycles. The Balaban J connectivity index is 1.99. The number of halogens is 1. The third kappa shape index (κ3) is 2.52. The first-order valence-electron chi connectivity index (χ1n) is 5.15. The number of aromatic nitrogens is 3. The topological polar surface area (TPSA) is 42.7 Å². The van der Waals surface area contributed by atoms with Gasteiger partial charge in [-0.2, -0.15) is 5.10 Å². The van der Waals surface area contributed by atoms with Gasteiger partial charge in [-0.15, -0.1) is 0 Å². The SMILES string of the molecule is CCn1ncnc1CNc1ccc(Cl)cc1. The minimum absolute atomic E-state index is 0.662. The Morgan fingerprint density at radius 3 is 2.75 bits per heavy atom. The van der Waals surface area contributed by atoms with Crippen LogP contribution in [0, 0.1) is 0 Å². The van der Waals surface area contributed by atoms with Crippen LogP contribution < -0.4 is 5.32 Å². The smallest absolute Gasteiger partial charge is 0.146 e. The Kier molecular flexibility index (Phi) is 3.41. The van der Waals surface area contributed by atoms with Crippen LogP contribution in [0.3, 0.4) is 0 Å². The van der Waals surface area contributed by atoms with Crippen molar-refractivity contribution in [1.29, 1.82) is 0 Å². The van der Waals surface area contributed by atoms with Crippen molar-refractivity contribution in [3.05, 3.63) is 41.4 Å². The van der Waals surface area contributed by atoms with Crippen molar-refractivity contribution in [1.82, 2.24) is 14.8 Å². The quantitative estimate of drug-likeness (QED) is 0.887. The van der Waals surface area contributed by atoms with Gasteiger partial charge in [0.25, 0.3) is 0 Å². The predicted octanol–water partition coefficient (Wildman–Crippen LogP) is 2.56. The first-order chi connectivity index (χ1) is 7.79. The zero-order valence-corrected chi connectivity index (χ0v) is 9.78. The van der Waals surface area contributed by atoms with Crippen molar-refractivity contribution in [3.8, 4) is 0 Å². The molecule has 0 radical (unpaired) electrons. The van der Waals surface area contributed by atoms with Crippen LogP contribution in [0.1, 0.15) is 12.7 Å². The van der Waals surface area contributed by atoms with Gasteiger partial charge in [0.2, 0.25) is 0 Å². The average Bonchev–Trinajstić information content (AvgIpc) is 2.76. The van der Waals surface area contributed by atoms with Gasteiger partial charge in [0.15, 0.2) is 0 Å². The van der Waals surface area contributed by atoms with E-state index in [-0.39, 0.29) is 0 Å². The first kappa shape index (κ1) is 11.0. The maximum Gasteiger partial charge on any atom is 0.146 e. The van der Waals surface area contributed by atoms with E-state index in [0.717, 1.165) is 23.1 Å². The summed E-state index contributed by atoms with van der Waals surface area (Å²) in [6, 6.07) is 7.59. The summed E-state index contributed by atoms with van der Waals surface area (Å²) in [5.74, 6) is 0.928. The van der Waals surface area contributed by atoms with Crippen LogP contribution in [-0.2, 0) is 13.1 Å².